The predicted octanol–water partition coefficient (Wildman–Crippen LogP) is -3.79. The van der Waals surface area contributed by atoms with Gasteiger partial charge < -0.3 is 18.8 Å². The van der Waals surface area contributed by atoms with E-state index in [2.05, 4.69) is 20.5 Å². The van der Waals surface area contributed by atoms with E-state index >= 15 is 0 Å². The van der Waals surface area contributed by atoms with Crippen molar-refractivity contribution in [1.29, 1.82) is 0 Å². The first kappa shape index (κ1) is 43.2. The normalized spacial score (nSPS) is 13.6. The topological polar surface area (TPSA) is 258 Å². The Labute approximate surface area is 357 Å². The number of Topliss-reactive ketones (excluding diaryl/α,β-unsaturated/α-hetero) is 1. The van der Waals surface area contributed by atoms with Crippen molar-refractivity contribution in [2.75, 3.05) is 0 Å². The molecule has 0 spiro atoms. The Hall–Kier alpha value is -2.24. The van der Waals surface area contributed by atoms with Crippen LogP contribution in [0.25, 0.3) is 21.5 Å². The Balaban J connectivity index is 0.00000234. The molecule has 0 aliphatic heterocycles. The fraction of sp³-hybridized carbons (Fsp3) is 0.0333. The van der Waals surface area contributed by atoms with Gasteiger partial charge in [-0.25, -0.2) is 25.3 Å². The Bertz CT molecular complexity index is 2670. The van der Waals surface area contributed by atoms with Crippen LogP contribution in [0, 0.1) is 0 Å². The predicted molar refractivity (Wildman–Crippen MR) is 165 cm³/mol. The van der Waals surface area contributed by atoms with Crippen LogP contribution in [0.3, 0.4) is 0 Å². The molecule has 6 rings (SSSR count). The van der Waals surface area contributed by atoms with E-state index in [9.17, 15) is 48.8 Å². The van der Waals surface area contributed by atoms with Gasteiger partial charge in [-0.3, -0.25) is 4.79 Å². The fourth-order valence-electron chi connectivity index (χ4n) is 5.21. The zero-order valence-corrected chi connectivity index (χ0v) is 35.3. The summed E-state index contributed by atoms with van der Waals surface area (Å²) < 4.78 is 108. The van der Waals surface area contributed by atoms with Crippen LogP contribution in [0.1, 0.15) is 15.9 Å². The van der Waals surface area contributed by atoms with Crippen molar-refractivity contribution in [3.8, 4) is 5.75 Å². The number of fused-ring (bicyclic) bond motifs is 3. The molecule has 15 nitrogen and oxygen atoms in total. The summed E-state index contributed by atoms with van der Waals surface area (Å²) in [7, 11) is -15.6. The minimum absolute atomic E-state index is 0. The van der Waals surface area contributed by atoms with Crippen LogP contribution >= 0.6 is 0 Å². The number of aromatic hydroxyl groups is 1. The van der Waals surface area contributed by atoms with E-state index in [-0.39, 0.29) is 122 Å². The molecule has 0 amide bonds. The summed E-state index contributed by atoms with van der Waals surface area (Å²) in [5, 5.41) is 27.3. The zero-order valence-electron chi connectivity index (χ0n) is 26.8. The van der Waals surface area contributed by atoms with Gasteiger partial charge in [0.25, 0.3) is 0 Å². The molecule has 244 valence electrons. The number of phenols is 1. The number of rotatable bonds is 7. The number of carbonyl (C=O) groups excluding carboxylic acids is 1. The third-order valence-corrected chi connectivity index (χ3v) is 9.99. The number of azo groups is 2. The SMILES string of the molecule is O=C1C(N=Nc2ccc(S(=O)(=O)[O-])c3ccccc23)=C(S(=O)(=O)[O-])Cc2cc(S(=O)(=O)[O-])cc(N=Nc3c(O)ccc4ccccc34)c21.[Na+].[Na+].[Na+]. The molecule has 0 unspecified atom stereocenters. The van der Waals surface area contributed by atoms with Gasteiger partial charge in [-0.05, 0) is 41.3 Å². The Kier molecular flexibility index (Phi) is 13.9. The fourth-order valence-corrected chi connectivity index (χ4v) is 7.14. The first-order valence-corrected chi connectivity index (χ1v) is 17.6. The molecule has 5 aromatic carbocycles. The second-order valence-corrected chi connectivity index (χ2v) is 14.4. The van der Waals surface area contributed by atoms with Gasteiger partial charge >= 0.3 is 88.7 Å². The van der Waals surface area contributed by atoms with E-state index < -0.39 is 74.2 Å². The summed E-state index contributed by atoms with van der Waals surface area (Å²) in [5.41, 5.74) is -2.49. The van der Waals surface area contributed by atoms with E-state index in [1.807, 2.05) is 0 Å². The Morgan fingerprint density at radius 2 is 1.22 bits per heavy atom. The van der Waals surface area contributed by atoms with Gasteiger partial charge in [-0.1, -0.05) is 54.6 Å². The number of nitrogens with zero attached hydrogens (tertiary/aromatic N) is 4. The molecule has 0 heterocycles. The molecule has 1 aliphatic rings. The van der Waals surface area contributed by atoms with Crippen LogP contribution in [0.15, 0.2) is 126 Å². The summed E-state index contributed by atoms with van der Waals surface area (Å²) >= 11 is 0. The van der Waals surface area contributed by atoms with Crippen molar-refractivity contribution in [1.82, 2.24) is 0 Å². The maximum atomic E-state index is 13.9. The average Bonchev–Trinajstić information content (AvgIpc) is 3.01. The molecule has 0 fully saturated rings. The molecule has 51 heavy (non-hydrogen) atoms. The van der Waals surface area contributed by atoms with E-state index in [1.165, 1.54) is 30.3 Å². The Morgan fingerprint density at radius 1 is 0.608 bits per heavy atom. The van der Waals surface area contributed by atoms with Gasteiger partial charge in [-0.2, -0.15) is 0 Å². The van der Waals surface area contributed by atoms with E-state index in [4.69, 9.17) is 0 Å². The van der Waals surface area contributed by atoms with Crippen molar-refractivity contribution in [2.45, 2.75) is 16.2 Å². The summed E-state index contributed by atoms with van der Waals surface area (Å²) in [6.45, 7) is 0. The minimum Gasteiger partial charge on any atom is -0.744 e. The van der Waals surface area contributed by atoms with Gasteiger partial charge in [0, 0.05) is 22.6 Å². The summed E-state index contributed by atoms with van der Waals surface area (Å²) in [6.07, 6.45) is -0.888. The molecule has 0 saturated carbocycles. The number of allylic oxidation sites excluding steroid dienone is 2. The Morgan fingerprint density at radius 3 is 1.84 bits per heavy atom. The average molecular weight is 775 g/mol. The quantitative estimate of drug-likeness (QED) is 0.0953. The van der Waals surface area contributed by atoms with Gasteiger partial charge in [-0.15, -0.1) is 20.5 Å². The number of ketones is 1. The molecule has 5 aromatic rings. The number of benzene rings is 5. The van der Waals surface area contributed by atoms with E-state index in [1.54, 1.807) is 30.3 Å². The maximum absolute atomic E-state index is 13.9. The minimum atomic E-state index is -5.45. The molecule has 0 aromatic heterocycles. The van der Waals surface area contributed by atoms with E-state index in [0.717, 1.165) is 24.3 Å². The molecule has 0 bridgehead atoms. The third-order valence-electron chi connectivity index (χ3n) is 7.35. The van der Waals surface area contributed by atoms with Crippen LogP contribution in [-0.2, 0) is 36.8 Å². The molecule has 0 atom stereocenters. The number of hydrogen-bond donors (Lipinski definition) is 1. The number of phenolic OH excluding ortho intramolecular Hbond substituents is 1. The van der Waals surface area contributed by atoms with Crippen molar-refractivity contribution in [3.63, 3.8) is 0 Å². The molecule has 1 N–H and O–H groups in total. The summed E-state index contributed by atoms with van der Waals surface area (Å²) in [5.74, 6) is -1.58. The van der Waals surface area contributed by atoms with Crippen molar-refractivity contribution >= 4 is 74.7 Å². The van der Waals surface area contributed by atoms with E-state index in [0.29, 0.717) is 10.8 Å². The monoisotopic (exact) mass is 774 g/mol. The molecule has 1 aliphatic carbocycles. The van der Waals surface area contributed by atoms with Crippen LogP contribution in [0.2, 0.25) is 0 Å². The molecular formula is C30H17N4Na3O11S3. The third kappa shape index (κ3) is 8.94. The van der Waals surface area contributed by atoms with Crippen LogP contribution in [0.5, 0.6) is 5.75 Å². The summed E-state index contributed by atoms with van der Waals surface area (Å²) in [4.78, 5) is 11.3. The van der Waals surface area contributed by atoms with Gasteiger partial charge in [0.15, 0.2) is 0 Å². The van der Waals surface area contributed by atoms with Gasteiger partial charge in [0.05, 0.1) is 31.6 Å². The standard InChI is InChI=1S/C30H20N4O11S3.3Na/c35-24-11-9-16-5-1-2-6-19(16)28(24)33-32-23-15-18(46(37,38)39)13-17-14-26(48(43,44)45)29(30(36)27(17)23)34-31-22-10-12-25(47(40,41)42)21-8-4-3-7-20(21)22;;;/h1-13,15,35H,14H2,(H,37,38,39)(H,40,41,42)(H,43,44,45);;;/q;3*+1/p-3. The second-order valence-electron chi connectivity index (χ2n) is 10.3. The smallest absolute Gasteiger partial charge is 0.744 e. The van der Waals surface area contributed by atoms with Crippen molar-refractivity contribution < 1.29 is 137 Å². The first-order chi connectivity index (χ1) is 22.5. The first-order valence-electron chi connectivity index (χ1n) is 13.4. The van der Waals surface area contributed by atoms with Crippen LogP contribution < -0.4 is 88.7 Å². The van der Waals surface area contributed by atoms with Gasteiger partial charge in [0.1, 0.15) is 47.5 Å². The number of carbonyl (C=O) groups is 1. The molecular weight excluding hydrogens is 758 g/mol. The van der Waals surface area contributed by atoms with Crippen molar-refractivity contribution in [3.05, 3.63) is 107 Å². The zero-order chi connectivity index (χ0) is 34.6. The van der Waals surface area contributed by atoms with Crippen molar-refractivity contribution in [2.24, 2.45) is 20.5 Å². The van der Waals surface area contributed by atoms with Gasteiger partial charge in [0.2, 0.25) is 5.78 Å². The second kappa shape index (κ2) is 16.4. The summed E-state index contributed by atoms with van der Waals surface area (Å²) in [6, 6.07) is 18.8. The molecule has 0 radical (unpaired) electrons. The van der Waals surface area contributed by atoms with Crippen LogP contribution in [-0.4, -0.2) is 49.8 Å². The largest absolute Gasteiger partial charge is 1.00 e. The number of hydrogen-bond acceptors (Lipinski definition) is 15. The maximum Gasteiger partial charge on any atom is 1.00 e. The van der Waals surface area contributed by atoms with Crippen LogP contribution in [0.4, 0.5) is 17.1 Å². The molecule has 0 saturated heterocycles. The molecule has 21 heteroatoms.